The maximum Gasteiger partial charge on any atom is 0.293 e. The highest BCUT2D eigenvalue weighted by molar-refractivity contribution is 8.18. The van der Waals surface area contributed by atoms with Gasteiger partial charge in [0.05, 0.1) is 15.6 Å². The van der Waals surface area contributed by atoms with Crippen molar-refractivity contribution in [3.05, 3.63) is 112 Å². The molecule has 5 aromatic rings. The van der Waals surface area contributed by atoms with Crippen LogP contribution >= 0.6 is 35.0 Å². The van der Waals surface area contributed by atoms with Crippen LogP contribution in [0.2, 0.25) is 10.0 Å². The molecular weight excluding hydrogens is 551 g/mol. The monoisotopic (exact) mass is 572 g/mol. The number of nitrogens with zero attached hydrogens (tertiary/aromatic N) is 4. The lowest BCUT2D eigenvalue weighted by Crippen LogP contribution is -2.29. The molecule has 39 heavy (non-hydrogen) atoms. The average Bonchev–Trinajstić information content (AvgIpc) is 3.62. The number of hydrogen-bond donors (Lipinski definition) is 0. The number of carbonyl (C=O) groups excluding carboxylic acids is 2. The molecule has 1 aliphatic rings. The first-order valence-electron chi connectivity index (χ1n) is 12.4. The molecule has 0 atom stereocenters. The van der Waals surface area contributed by atoms with E-state index in [1.54, 1.807) is 29.0 Å². The first-order chi connectivity index (χ1) is 19.0. The summed E-state index contributed by atoms with van der Waals surface area (Å²) in [6.45, 7) is 1.05. The smallest absolute Gasteiger partial charge is 0.293 e. The minimum Gasteiger partial charge on any atom is -0.347 e. The largest absolute Gasteiger partial charge is 0.347 e. The van der Waals surface area contributed by atoms with Crippen molar-refractivity contribution in [3.63, 3.8) is 0 Å². The Hall–Kier alpha value is -3.78. The SMILES string of the molecule is O=C1S/C(=C\c2cn(-c3ccccc3)nc2-c2ccc(Cl)cc2Cl)C(=O)N1CCCn1ccc2ccccc21. The molecule has 0 unspecified atom stereocenters. The fourth-order valence-electron chi connectivity index (χ4n) is 4.67. The van der Waals surface area contributed by atoms with E-state index in [1.807, 2.05) is 54.9 Å². The Morgan fingerprint density at radius 1 is 0.897 bits per heavy atom. The summed E-state index contributed by atoms with van der Waals surface area (Å²) in [4.78, 5) is 27.8. The highest BCUT2D eigenvalue weighted by Gasteiger charge is 2.35. The van der Waals surface area contributed by atoms with E-state index >= 15 is 0 Å². The predicted molar refractivity (Wildman–Crippen MR) is 158 cm³/mol. The molecule has 1 fully saturated rings. The number of amides is 2. The Morgan fingerprint density at radius 2 is 1.69 bits per heavy atom. The van der Waals surface area contributed by atoms with Crippen LogP contribution in [0.25, 0.3) is 33.9 Å². The van der Waals surface area contributed by atoms with Gasteiger partial charge in [-0.2, -0.15) is 5.10 Å². The van der Waals surface area contributed by atoms with Gasteiger partial charge in [-0.3, -0.25) is 14.5 Å². The highest BCUT2D eigenvalue weighted by atomic mass is 35.5. The highest BCUT2D eigenvalue weighted by Crippen LogP contribution is 2.37. The van der Waals surface area contributed by atoms with Crippen molar-refractivity contribution in [1.82, 2.24) is 19.2 Å². The van der Waals surface area contributed by atoms with Gasteiger partial charge in [-0.25, -0.2) is 4.68 Å². The Bertz CT molecular complexity index is 1740. The molecule has 6 nitrogen and oxygen atoms in total. The van der Waals surface area contributed by atoms with Crippen LogP contribution < -0.4 is 0 Å². The zero-order chi connectivity index (χ0) is 26.9. The van der Waals surface area contributed by atoms with Gasteiger partial charge in [-0.05, 0) is 72.1 Å². The Balaban J connectivity index is 1.26. The lowest BCUT2D eigenvalue weighted by atomic mass is 10.1. The number of hydrogen-bond acceptors (Lipinski definition) is 4. The lowest BCUT2D eigenvalue weighted by Gasteiger charge is -2.13. The second-order valence-electron chi connectivity index (χ2n) is 9.09. The third-order valence-corrected chi connectivity index (χ3v) is 8.03. The third kappa shape index (κ3) is 5.13. The molecule has 1 saturated heterocycles. The maximum atomic E-state index is 13.3. The number of halogens is 2. The van der Waals surface area contributed by atoms with Gasteiger partial charge in [0.25, 0.3) is 11.1 Å². The molecule has 0 spiro atoms. The van der Waals surface area contributed by atoms with Crippen LogP contribution in [-0.4, -0.2) is 36.9 Å². The van der Waals surface area contributed by atoms with Crippen LogP contribution in [0.4, 0.5) is 4.79 Å². The summed E-state index contributed by atoms with van der Waals surface area (Å²) in [5, 5.41) is 6.63. The van der Waals surface area contributed by atoms with E-state index < -0.39 is 0 Å². The Labute approximate surface area is 239 Å². The summed E-state index contributed by atoms with van der Waals surface area (Å²) in [7, 11) is 0. The van der Waals surface area contributed by atoms with Gasteiger partial charge in [-0.1, -0.05) is 59.6 Å². The van der Waals surface area contributed by atoms with E-state index in [4.69, 9.17) is 28.3 Å². The van der Waals surface area contributed by atoms with Crippen LogP contribution in [-0.2, 0) is 11.3 Å². The molecule has 0 bridgehead atoms. The van der Waals surface area contributed by atoms with Crippen LogP contribution in [0, 0.1) is 0 Å². The number of rotatable bonds is 7. The van der Waals surface area contributed by atoms with Crippen molar-refractivity contribution >= 4 is 63.1 Å². The molecule has 0 saturated carbocycles. The van der Waals surface area contributed by atoms with Crippen LogP contribution in [0.15, 0.2) is 96.2 Å². The fourth-order valence-corrected chi connectivity index (χ4v) is 6.02. The number of fused-ring (bicyclic) bond motifs is 1. The van der Waals surface area contributed by atoms with Gasteiger partial charge >= 0.3 is 0 Å². The number of benzene rings is 3. The minimum atomic E-state index is -0.303. The van der Waals surface area contributed by atoms with Gasteiger partial charge in [0, 0.05) is 47.1 Å². The van der Waals surface area contributed by atoms with Gasteiger partial charge in [0.15, 0.2) is 0 Å². The molecule has 2 aromatic heterocycles. The van der Waals surface area contributed by atoms with Gasteiger partial charge in [0.2, 0.25) is 0 Å². The van der Waals surface area contributed by atoms with Gasteiger partial charge < -0.3 is 4.57 Å². The summed E-state index contributed by atoms with van der Waals surface area (Å²) in [6, 6.07) is 25.1. The average molecular weight is 574 g/mol. The molecule has 2 amide bonds. The van der Waals surface area contributed by atoms with Gasteiger partial charge in [-0.15, -0.1) is 0 Å². The molecule has 1 aliphatic heterocycles. The Kier molecular flexibility index (Phi) is 7.04. The molecule has 0 N–H and O–H groups in total. The lowest BCUT2D eigenvalue weighted by molar-refractivity contribution is -0.122. The summed E-state index contributed by atoms with van der Waals surface area (Å²) in [5.74, 6) is -0.303. The second kappa shape index (κ2) is 10.8. The third-order valence-electron chi connectivity index (χ3n) is 6.57. The molecule has 194 valence electrons. The molecule has 0 aliphatic carbocycles. The molecule has 3 heterocycles. The molecule has 3 aromatic carbocycles. The quantitative estimate of drug-likeness (QED) is 0.186. The number of thioether (sulfide) groups is 1. The van der Waals surface area contributed by atoms with Crippen LogP contribution in [0.1, 0.15) is 12.0 Å². The summed E-state index contributed by atoms with van der Waals surface area (Å²) in [5.41, 5.74) is 3.93. The number of para-hydroxylation sites is 2. The van der Waals surface area contributed by atoms with E-state index in [0.717, 1.165) is 23.0 Å². The van der Waals surface area contributed by atoms with Gasteiger partial charge in [0.1, 0.15) is 5.69 Å². The number of imide groups is 1. The predicted octanol–water partition coefficient (Wildman–Crippen LogP) is 7.93. The van der Waals surface area contributed by atoms with E-state index in [2.05, 4.69) is 22.8 Å². The molecular formula is C30H22Cl2N4O2S. The molecule has 6 rings (SSSR count). The van der Waals surface area contributed by atoms with Crippen molar-refractivity contribution in [1.29, 1.82) is 0 Å². The standard InChI is InChI=1S/C30H22Cl2N4O2S/c31-22-11-12-24(25(32)18-22)28-21(19-36(33-28)23-8-2-1-3-9-23)17-27-29(37)35(30(38)39-27)15-6-14-34-16-13-20-7-4-5-10-26(20)34/h1-5,7-13,16-19H,6,14-15H2/b27-17-. The zero-order valence-electron chi connectivity index (χ0n) is 20.6. The maximum absolute atomic E-state index is 13.3. The van der Waals surface area contributed by atoms with E-state index in [0.29, 0.717) is 51.3 Å². The summed E-state index contributed by atoms with van der Waals surface area (Å²) < 4.78 is 3.88. The Morgan fingerprint density at radius 3 is 2.51 bits per heavy atom. The van der Waals surface area contributed by atoms with Crippen molar-refractivity contribution in [2.45, 2.75) is 13.0 Å². The van der Waals surface area contributed by atoms with Crippen molar-refractivity contribution in [2.24, 2.45) is 0 Å². The van der Waals surface area contributed by atoms with Crippen LogP contribution in [0.3, 0.4) is 0 Å². The van der Waals surface area contributed by atoms with E-state index in [9.17, 15) is 9.59 Å². The summed E-state index contributed by atoms with van der Waals surface area (Å²) >= 11 is 13.6. The second-order valence-corrected chi connectivity index (χ2v) is 10.9. The first-order valence-corrected chi connectivity index (χ1v) is 13.9. The molecule has 0 radical (unpaired) electrons. The normalized spacial score (nSPS) is 14.7. The fraction of sp³-hybridized carbons (Fsp3) is 0.100. The number of aryl methyl sites for hydroxylation is 1. The van der Waals surface area contributed by atoms with E-state index in [1.165, 1.54) is 10.3 Å². The van der Waals surface area contributed by atoms with E-state index in [-0.39, 0.29) is 11.1 Å². The summed E-state index contributed by atoms with van der Waals surface area (Å²) in [6.07, 6.45) is 6.24. The molecule has 9 heteroatoms. The topological polar surface area (TPSA) is 60.1 Å². The minimum absolute atomic E-state index is 0.273. The zero-order valence-corrected chi connectivity index (χ0v) is 23.0. The first kappa shape index (κ1) is 25.5. The van der Waals surface area contributed by atoms with Crippen molar-refractivity contribution in [2.75, 3.05) is 6.54 Å². The van der Waals surface area contributed by atoms with Crippen molar-refractivity contribution in [3.8, 4) is 16.9 Å². The van der Waals surface area contributed by atoms with Crippen molar-refractivity contribution < 1.29 is 9.59 Å². The number of carbonyl (C=O) groups is 2. The number of aromatic nitrogens is 3. The van der Waals surface area contributed by atoms with Crippen LogP contribution in [0.5, 0.6) is 0 Å².